The van der Waals surface area contributed by atoms with Crippen LogP contribution in [0.15, 0.2) is 4.99 Å². The summed E-state index contributed by atoms with van der Waals surface area (Å²) in [5.41, 5.74) is 0. The van der Waals surface area contributed by atoms with E-state index in [1.54, 1.807) is 0 Å². The highest BCUT2D eigenvalue weighted by atomic mass is 127. The molecule has 0 heterocycles. The van der Waals surface area contributed by atoms with Gasteiger partial charge in [-0.2, -0.15) is 0 Å². The molecule has 25 heavy (non-hydrogen) atoms. The Balaban J connectivity index is 0.00000576. The van der Waals surface area contributed by atoms with Crippen LogP contribution < -0.4 is 10.6 Å². The number of aliphatic imine (C=N–C) groups is 1. The first kappa shape index (κ1) is 24.9. The molecule has 0 saturated heterocycles. The normalized spacial score (nSPS) is 15.4. The average molecular weight is 467 g/mol. The van der Waals surface area contributed by atoms with Gasteiger partial charge in [-0.1, -0.05) is 0 Å². The molecule has 2 N–H and O–H groups in total. The number of hydrogen-bond donors (Lipinski definition) is 2. The summed E-state index contributed by atoms with van der Waals surface area (Å²) in [6, 6.07) is 2.66. The largest absolute Gasteiger partial charge is 0.356 e. The van der Waals surface area contributed by atoms with Crippen molar-refractivity contribution in [3.05, 3.63) is 0 Å². The monoisotopic (exact) mass is 467 g/mol. The van der Waals surface area contributed by atoms with E-state index in [0.717, 1.165) is 44.6 Å². The molecule has 5 nitrogen and oxygen atoms in total. The number of nitrogens with one attached hydrogen (secondary N) is 2. The van der Waals surface area contributed by atoms with E-state index in [1.807, 2.05) is 7.05 Å². The molecule has 1 aliphatic carbocycles. The Morgan fingerprint density at radius 1 is 0.920 bits per heavy atom. The van der Waals surface area contributed by atoms with Crippen LogP contribution in [0.3, 0.4) is 0 Å². The van der Waals surface area contributed by atoms with Gasteiger partial charge < -0.3 is 10.6 Å². The summed E-state index contributed by atoms with van der Waals surface area (Å²) in [6.45, 7) is 17.8. The summed E-state index contributed by atoms with van der Waals surface area (Å²) in [7, 11) is 1.85. The van der Waals surface area contributed by atoms with Gasteiger partial charge in [-0.05, 0) is 60.8 Å². The molecule has 0 aromatic rings. The lowest BCUT2D eigenvalue weighted by molar-refractivity contribution is 0.173. The molecule has 0 unspecified atom stereocenters. The summed E-state index contributed by atoms with van der Waals surface area (Å²) < 4.78 is 0. The predicted octanol–water partition coefficient (Wildman–Crippen LogP) is 3.15. The number of hydrogen-bond acceptors (Lipinski definition) is 3. The highest BCUT2D eigenvalue weighted by Gasteiger charge is 2.30. The van der Waals surface area contributed by atoms with Crippen LogP contribution in [0, 0.1) is 0 Å². The van der Waals surface area contributed by atoms with Gasteiger partial charge >= 0.3 is 0 Å². The lowest BCUT2D eigenvalue weighted by Crippen LogP contribution is -2.44. The van der Waals surface area contributed by atoms with Gasteiger partial charge in [0.2, 0.25) is 0 Å². The van der Waals surface area contributed by atoms with E-state index in [1.165, 1.54) is 12.8 Å². The summed E-state index contributed by atoms with van der Waals surface area (Å²) >= 11 is 0. The van der Waals surface area contributed by atoms with E-state index in [-0.39, 0.29) is 24.0 Å². The molecule has 150 valence electrons. The van der Waals surface area contributed by atoms with E-state index in [2.05, 4.69) is 67.0 Å². The van der Waals surface area contributed by atoms with E-state index < -0.39 is 0 Å². The Labute approximate surface area is 173 Å². The van der Waals surface area contributed by atoms with Crippen LogP contribution in [0.25, 0.3) is 0 Å². The van der Waals surface area contributed by atoms with Gasteiger partial charge in [0.25, 0.3) is 0 Å². The SMILES string of the molecule is CN=C(NCCCN(C(C)C)C(C)C)NCCN(C(C)C)C1CC1.I. The molecule has 1 rings (SSSR count). The average Bonchev–Trinajstić information content (AvgIpc) is 3.32. The van der Waals surface area contributed by atoms with Gasteiger partial charge in [-0.25, -0.2) is 0 Å². The van der Waals surface area contributed by atoms with Crippen molar-refractivity contribution in [1.82, 2.24) is 20.4 Å². The minimum Gasteiger partial charge on any atom is -0.356 e. The summed E-state index contributed by atoms with van der Waals surface area (Å²) in [4.78, 5) is 9.48. The minimum atomic E-state index is 0. The molecule has 0 amide bonds. The molecule has 0 aromatic heterocycles. The molecule has 1 fully saturated rings. The third-order valence-electron chi connectivity index (χ3n) is 4.78. The van der Waals surface area contributed by atoms with Crippen LogP contribution in [-0.4, -0.2) is 73.2 Å². The summed E-state index contributed by atoms with van der Waals surface area (Å²) in [6.07, 6.45) is 3.87. The van der Waals surface area contributed by atoms with Crippen molar-refractivity contribution >= 4 is 29.9 Å². The summed E-state index contributed by atoms with van der Waals surface area (Å²) in [5.74, 6) is 0.926. The quantitative estimate of drug-likeness (QED) is 0.212. The molecule has 0 spiro atoms. The van der Waals surface area contributed by atoms with Gasteiger partial charge in [-0.3, -0.25) is 14.8 Å². The second kappa shape index (κ2) is 13.1. The first-order valence-corrected chi connectivity index (χ1v) is 9.82. The predicted molar refractivity (Wildman–Crippen MR) is 121 cm³/mol. The zero-order chi connectivity index (χ0) is 18.1. The van der Waals surface area contributed by atoms with Crippen molar-refractivity contribution in [3.8, 4) is 0 Å². The maximum atomic E-state index is 4.34. The number of halogens is 1. The Morgan fingerprint density at radius 3 is 1.92 bits per heavy atom. The lowest BCUT2D eigenvalue weighted by atomic mass is 10.2. The smallest absolute Gasteiger partial charge is 0.191 e. The third kappa shape index (κ3) is 9.99. The highest BCUT2D eigenvalue weighted by Crippen LogP contribution is 2.27. The molecular weight excluding hydrogens is 425 g/mol. The fourth-order valence-corrected chi connectivity index (χ4v) is 3.37. The van der Waals surface area contributed by atoms with Crippen LogP contribution in [-0.2, 0) is 0 Å². The van der Waals surface area contributed by atoms with Crippen molar-refractivity contribution in [2.24, 2.45) is 4.99 Å². The second-order valence-electron chi connectivity index (χ2n) is 7.77. The first-order valence-electron chi connectivity index (χ1n) is 9.82. The van der Waals surface area contributed by atoms with Gasteiger partial charge in [0.1, 0.15) is 0 Å². The zero-order valence-corrected chi connectivity index (χ0v) is 19.8. The second-order valence-corrected chi connectivity index (χ2v) is 7.77. The molecule has 0 aliphatic heterocycles. The first-order chi connectivity index (χ1) is 11.4. The Morgan fingerprint density at radius 2 is 1.48 bits per heavy atom. The summed E-state index contributed by atoms with van der Waals surface area (Å²) in [5, 5.41) is 6.90. The molecule has 0 bridgehead atoms. The van der Waals surface area contributed by atoms with Crippen molar-refractivity contribution in [2.75, 3.05) is 33.2 Å². The molecule has 6 heteroatoms. The van der Waals surface area contributed by atoms with Gasteiger partial charge in [0.15, 0.2) is 5.96 Å². The van der Waals surface area contributed by atoms with Crippen molar-refractivity contribution < 1.29 is 0 Å². The van der Waals surface area contributed by atoms with E-state index in [9.17, 15) is 0 Å². The Hall–Kier alpha value is -0.0800. The Kier molecular flexibility index (Phi) is 13.1. The fraction of sp³-hybridized carbons (Fsp3) is 0.947. The van der Waals surface area contributed by atoms with E-state index in [4.69, 9.17) is 0 Å². The van der Waals surface area contributed by atoms with E-state index >= 15 is 0 Å². The van der Waals surface area contributed by atoms with Crippen molar-refractivity contribution in [2.45, 2.75) is 85.0 Å². The number of rotatable bonds is 11. The van der Waals surface area contributed by atoms with Crippen LogP contribution in [0.1, 0.15) is 60.8 Å². The topological polar surface area (TPSA) is 42.9 Å². The van der Waals surface area contributed by atoms with Gasteiger partial charge in [0.05, 0.1) is 0 Å². The zero-order valence-electron chi connectivity index (χ0n) is 17.5. The van der Waals surface area contributed by atoms with Crippen LogP contribution in [0.5, 0.6) is 0 Å². The number of nitrogens with zero attached hydrogens (tertiary/aromatic N) is 3. The minimum absolute atomic E-state index is 0. The maximum Gasteiger partial charge on any atom is 0.191 e. The van der Waals surface area contributed by atoms with Gasteiger partial charge in [-0.15, -0.1) is 24.0 Å². The van der Waals surface area contributed by atoms with Crippen LogP contribution in [0.4, 0.5) is 0 Å². The third-order valence-corrected chi connectivity index (χ3v) is 4.78. The molecular formula is C19H42IN5. The maximum absolute atomic E-state index is 4.34. The fourth-order valence-electron chi connectivity index (χ4n) is 3.37. The molecule has 0 aromatic carbocycles. The molecule has 1 saturated carbocycles. The molecule has 0 atom stereocenters. The lowest BCUT2D eigenvalue weighted by Gasteiger charge is -2.30. The standard InChI is InChI=1S/C19H41N5.HI/c1-15(2)23(16(3)4)13-8-11-21-19(20-7)22-12-14-24(17(5)6)18-9-10-18;/h15-18H,8-14H2,1-7H3,(H2,20,21,22);1H. The highest BCUT2D eigenvalue weighted by molar-refractivity contribution is 14.0. The molecule has 1 aliphatic rings. The van der Waals surface area contributed by atoms with Gasteiger partial charge in [0, 0.05) is 57.4 Å². The van der Waals surface area contributed by atoms with Crippen molar-refractivity contribution in [1.29, 1.82) is 0 Å². The van der Waals surface area contributed by atoms with Crippen molar-refractivity contribution in [3.63, 3.8) is 0 Å². The molecule has 0 radical (unpaired) electrons. The van der Waals surface area contributed by atoms with E-state index in [0.29, 0.717) is 18.1 Å². The Bertz CT molecular complexity index is 357. The number of guanidine groups is 1. The van der Waals surface area contributed by atoms with Crippen LogP contribution in [0.2, 0.25) is 0 Å². The van der Waals surface area contributed by atoms with Crippen LogP contribution >= 0.6 is 24.0 Å².